The van der Waals surface area contributed by atoms with Crippen LogP contribution < -0.4 is 11.1 Å². The standard InChI is InChI=1S/C15H22N2S/c1-15(2,8-9-16)17-10-7-12-11-18-14-6-4-3-5-13(12)14/h3-6,11,17H,7-10,16H2,1-2H3. The second kappa shape index (κ2) is 5.83. The maximum Gasteiger partial charge on any atom is 0.0345 e. The Balaban J connectivity index is 1.94. The van der Waals surface area contributed by atoms with E-state index in [9.17, 15) is 0 Å². The second-order valence-corrected chi connectivity index (χ2v) is 6.27. The number of nitrogens with one attached hydrogen (secondary N) is 1. The summed E-state index contributed by atoms with van der Waals surface area (Å²) < 4.78 is 1.38. The molecule has 0 spiro atoms. The highest BCUT2D eigenvalue weighted by atomic mass is 32.1. The minimum atomic E-state index is 0.139. The van der Waals surface area contributed by atoms with Gasteiger partial charge in [-0.3, -0.25) is 0 Å². The Morgan fingerprint density at radius 1 is 1.28 bits per heavy atom. The molecule has 98 valence electrons. The zero-order chi connectivity index (χ0) is 13.0. The molecular formula is C15H22N2S. The van der Waals surface area contributed by atoms with E-state index in [1.165, 1.54) is 15.6 Å². The smallest absolute Gasteiger partial charge is 0.0345 e. The molecule has 0 unspecified atom stereocenters. The van der Waals surface area contributed by atoms with Crippen molar-refractivity contribution in [3.8, 4) is 0 Å². The van der Waals surface area contributed by atoms with Crippen LogP contribution in [0.15, 0.2) is 29.6 Å². The van der Waals surface area contributed by atoms with Crippen molar-refractivity contribution in [2.24, 2.45) is 5.73 Å². The van der Waals surface area contributed by atoms with E-state index in [0.29, 0.717) is 0 Å². The Kier molecular flexibility index (Phi) is 4.38. The summed E-state index contributed by atoms with van der Waals surface area (Å²) in [6.07, 6.45) is 2.09. The molecule has 0 saturated carbocycles. The Bertz CT molecular complexity index is 502. The molecule has 0 aliphatic heterocycles. The molecule has 2 aromatic rings. The monoisotopic (exact) mass is 262 g/mol. The third-order valence-electron chi connectivity index (χ3n) is 3.33. The largest absolute Gasteiger partial charge is 0.330 e. The summed E-state index contributed by atoms with van der Waals surface area (Å²) in [5.74, 6) is 0. The van der Waals surface area contributed by atoms with E-state index >= 15 is 0 Å². The molecule has 0 atom stereocenters. The van der Waals surface area contributed by atoms with Crippen LogP contribution in [0.2, 0.25) is 0 Å². The van der Waals surface area contributed by atoms with Crippen molar-refractivity contribution >= 4 is 21.4 Å². The van der Waals surface area contributed by atoms with Crippen LogP contribution in [0.1, 0.15) is 25.8 Å². The lowest BCUT2D eigenvalue weighted by atomic mass is 10.0. The molecule has 1 aromatic carbocycles. The van der Waals surface area contributed by atoms with Crippen molar-refractivity contribution in [3.63, 3.8) is 0 Å². The van der Waals surface area contributed by atoms with Gasteiger partial charge in [-0.05, 0) is 62.2 Å². The van der Waals surface area contributed by atoms with Gasteiger partial charge in [0.15, 0.2) is 0 Å². The summed E-state index contributed by atoms with van der Waals surface area (Å²) in [5, 5.41) is 7.27. The number of nitrogens with two attached hydrogens (primary N) is 1. The Morgan fingerprint density at radius 2 is 2.06 bits per heavy atom. The Labute approximate surface area is 113 Å². The lowest BCUT2D eigenvalue weighted by Crippen LogP contribution is -2.41. The summed E-state index contributed by atoms with van der Waals surface area (Å²) in [6.45, 7) is 6.17. The first kappa shape index (κ1) is 13.5. The van der Waals surface area contributed by atoms with Crippen LogP contribution in [-0.2, 0) is 6.42 Å². The van der Waals surface area contributed by atoms with E-state index in [2.05, 4.69) is 48.8 Å². The highest BCUT2D eigenvalue weighted by Gasteiger charge is 2.15. The van der Waals surface area contributed by atoms with Gasteiger partial charge in [-0.1, -0.05) is 18.2 Å². The van der Waals surface area contributed by atoms with Crippen LogP contribution in [0.25, 0.3) is 10.1 Å². The van der Waals surface area contributed by atoms with Crippen LogP contribution >= 0.6 is 11.3 Å². The lowest BCUT2D eigenvalue weighted by Gasteiger charge is -2.25. The topological polar surface area (TPSA) is 38.0 Å². The quantitative estimate of drug-likeness (QED) is 0.839. The van der Waals surface area contributed by atoms with Gasteiger partial charge in [0, 0.05) is 10.2 Å². The maximum atomic E-state index is 5.62. The molecule has 0 radical (unpaired) electrons. The normalized spacial score (nSPS) is 12.2. The highest BCUT2D eigenvalue weighted by molar-refractivity contribution is 7.17. The zero-order valence-corrected chi connectivity index (χ0v) is 12.0. The van der Waals surface area contributed by atoms with Crippen molar-refractivity contribution in [2.75, 3.05) is 13.1 Å². The van der Waals surface area contributed by atoms with Crippen LogP contribution in [-0.4, -0.2) is 18.6 Å². The molecule has 0 saturated heterocycles. The van der Waals surface area contributed by atoms with Gasteiger partial charge in [-0.15, -0.1) is 11.3 Å². The zero-order valence-electron chi connectivity index (χ0n) is 11.2. The molecule has 1 aromatic heterocycles. The first-order chi connectivity index (χ1) is 8.62. The fraction of sp³-hybridized carbons (Fsp3) is 0.467. The number of rotatable bonds is 6. The lowest BCUT2D eigenvalue weighted by molar-refractivity contribution is 0.370. The van der Waals surface area contributed by atoms with Crippen LogP contribution in [0.4, 0.5) is 0 Å². The summed E-state index contributed by atoms with van der Waals surface area (Å²) in [6, 6.07) is 8.62. The van der Waals surface area contributed by atoms with Gasteiger partial charge < -0.3 is 11.1 Å². The highest BCUT2D eigenvalue weighted by Crippen LogP contribution is 2.25. The molecule has 3 heteroatoms. The molecule has 0 amide bonds. The minimum absolute atomic E-state index is 0.139. The Hall–Kier alpha value is -0.900. The Morgan fingerprint density at radius 3 is 2.83 bits per heavy atom. The third-order valence-corrected chi connectivity index (χ3v) is 4.34. The first-order valence-electron chi connectivity index (χ1n) is 6.52. The summed E-state index contributed by atoms with van der Waals surface area (Å²) in [5.41, 5.74) is 7.21. The van der Waals surface area contributed by atoms with E-state index in [0.717, 1.165) is 25.9 Å². The summed E-state index contributed by atoms with van der Waals surface area (Å²) >= 11 is 1.83. The maximum absolute atomic E-state index is 5.62. The number of fused-ring (bicyclic) bond motifs is 1. The van der Waals surface area contributed by atoms with Gasteiger partial charge in [0.05, 0.1) is 0 Å². The molecule has 18 heavy (non-hydrogen) atoms. The molecule has 2 nitrogen and oxygen atoms in total. The number of thiophene rings is 1. The molecule has 0 aliphatic carbocycles. The molecule has 0 bridgehead atoms. The van der Waals surface area contributed by atoms with Gasteiger partial charge >= 0.3 is 0 Å². The van der Waals surface area contributed by atoms with Gasteiger partial charge in [-0.2, -0.15) is 0 Å². The van der Waals surface area contributed by atoms with Crippen LogP contribution in [0.5, 0.6) is 0 Å². The SMILES string of the molecule is CC(C)(CCN)NCCc1csc2ccccc12. The molecule has 0 aliphatic rings. The van der Waals surface area contributed by atoms with Gasteiger partial charge in [0.1, 0.15) is 0 Å². The van der Waals surface area contributed by atoms with Crippen molar-refractivity contribution in [3.05, 3.63) is 35.2 Å². The average molecular weight is 262 g/mol. The van der Waals surface area contributed by atoms with E-state index in [4.69, 9.17) is 5.73 Å². The van der Waals surface area contributed by atoms with E-state index in [-0.39, 0.29) is 5.54 Å². The summed E-state index contributed by atoms with van der Waals surface area (Å²) in [7, 11) is 0. The molecular weight excluding hydrogens is 240 g/mol. The third kappa shape index (κ3) is 3.31. The van der Waals surface area contributed by atoms with Crippen molar-refractivity contribution in [2.45, 2.75) is 32.2 Å². The predicted octanol–water partition coefficient (Wildman–Crippen LogP) is 3.16. The van der Waals surface area contributed by atoms with Crippen molar-refractivity contribution in [1.29, 1.82) is 0 Å². The van der Waals surface area contributed by atoms with Gasteiger partial charge in [-0.25, -0.2) is 0 Å². The predicted molar refractivity (Wildman–Crippen MR) is 81.3 cm³/mol. The minimum Gasteiger partial charge on any atom is -0.330 e. The van der Waals surface area contributed by atoms with Crippen LogP contribution in [0.3, 0.4) is 0 Å². The first-order valence-corrected chi connectivity index (χ1v) is 7.40. The van der Waals surface area contributed by atoms with Crippen molar-refractivity contribution < 1.29 is 0 Å². The van der Waals surface area contributed by atoms with Crippen LogP contribution in [0, 0.1) is 0 Å². The molecule has 1 heterocycles. The number of hydrogen-bond donors (Lipinski definition) is 2. The molecule has 2 rings (SSSR count). The number of hydrogen-bond acceptors (Lipinski definition) is 3. The fourth-order valence-corrected chi connectivity index (χ4v) is 3.21. The number of benzene rings is 1. The summed E-state index contributed by atoms with van der Waals surface area (Å²) in [4.78, 5) is 0. The van der Waals surface area contributed by atoms with E-state index in [1.54, 1.807) is 0 Å². The van der Waals surface area contributed by atoms with Gasteiger partial charge in [0.2, 0.25) is 0 Å². The van der Waals surface area contributed by atoms with Gasteiger partial charge in [0.25, 0.3) is 0 Å². The van der Waals surface area contributed by atoms with E-state index in [1.807, 2.05) is 11.3 Å². The molecule has 3 N–H and O–H groups in total. The average Bonchev–Trinajstić information content (AvgIpc) is 2.73. The van der Waals surface area contributed by atoms with Crippen molar-refractivity contribution in [1.82, 2.24) is 5.32 Å². The van der Waals surface area contributed by atoms with E-state index < -0.39 is 0 Å². The second-order valence-electron chi connectivity index (χ2n) is 5.36. The molecule has 0 fully saturated rings. The fourth-order valence-electron chi connectivity index (χ4n) is 2.21.